The number of halogens is 1. The van der Waals surface area contributed by atoms with E-state index in [2.05, 4.69) is 4.74 Å². The Bertz CT molecular complexity index is 673. The van der Waals surface area contributed by atoms with Gasteiger partial charge in [-0.2, -0.15) is 0 Å². The first-order chi connectivity index (χ1) is 10.1. The maximum absolute atomic E-state index is 13.9. The van der Waals surface area contributed by atoms with Gasteiger partial charge in [-0.15, -0.1) is 0 Å². The van der Waals surface area contributed by atoms with Gasteiger partial charge in [-0.25, -0.2) is 9.18 Å². The average Bonchev–Trinajstić information content (AvgIpc) is 2.49. The van der Waals surface area contributed by atoms with Crippen LogP contribution in [0.3, 0.4) is 0 Å². The van der Waals surface area contributed by atoms with Gasteiger partial charge in [0.25, 0.3) is 0 Å². The van der Waals surface area contributed by atoms with Crippen molar-refractivity contribution >= 4 is 11.7 Å². The molecular formula is C15H14FNO4. The van der Waals surface area contributed by atoms with Crippen LogP contribution in [0.4, 0.5) is 10.1 Å². The number of rotatable bonds is 4. The monoisotopic (exact) mass is 291 g/mol. The number of esters is 1. The number of anilines is 1. The van der Waals surface area contributed by atoms with Crippen LogP contribution in [0.25, 0.3) is 0 Å². The summed E-state index contributed by atoms with van der Waals surface area (Å²) in [6, 6.07) is 8.97. The van der Waals surface area contributed by atoms with E-state index in [1.807, 2.05) is 0 Å². The smallest absolute Gasteiger partial charge is 0.340 e. The minimum absolute atomic E-state index is 0.0215. The molecule has 2 aromatic carbocycles. The molecule has 6 heteroatoms. The van der Waals surface area contributed by atoms with E-state index in [1.165, 1.54) is 20.3 Å². The largest absolute Gasteiger partial charge is 0.493 e. The Morgan fingerprint density at radius 3 is 2.38 bits per heavy atom. The zero-order valence-corrected chi connectivity index (χ0v) is 11.6. The van der Waals surface area contributed by atoms with E-state index in [9.17, 15) is 9.18 Å². The molecule has 0 aliphatic carbocycles. The molecule has 0 heterocycles. The van der Waals surface area contributed by atoms with Gasteiger partial charge in [-0.05, 0) is 12.1 Å². The van der Waals surface area contributed by atoms with Crippen molar-refractivity contribution in [3.05, 3.63) is 47.8 Å². The number of benzene rings is 2. The third kappa shape index (κ3) is 3.05. The molecule has 0 saturated carbocycles. The molecule has 5 nitrogen and oxygen atoms in total. The lowest BCUT2D eigenvalue weighted by atomic mass is 10.1. The molecule has 0 radical (unpaired) electrons. The van der Waals surface area contributed by atoms with Gasteiger partial charge >= 0.3 is 5.97 Å². The minimum atomic E-state index is -0.689. The predicted octanol–water partition coefficient (Wildman–Crippen LogP) is 3.00. The lowest BCUT2D eigenvalue weighted by Crippen LogP contribution is -2.07. The highest BCUT2D eigenvalue weighted by Gasteiger charge is 2.17. The third-order valence-corrected chi connectivity index (χ3v) is 2.80. The highest BCUT2D eigenvalue weighted by Crippen LogP contribution is 2.34. The Morgan fingerprint density at radius 2 is 1.76 bits per heavy atom. The maximum atomic E-state index is 13.9. The molecule has 110 valence electrons. The number of carbonyl (C=O) groups excluding carboxylic acids is 1. The second kappa shape index (κ2) is 6.13. The Hall–Kier alpha value is -2.76. The maximum Gasteiger partial charge on any atom is 0.340 e. The van der Waals surface area contributed by atoms with E-state index in [0.29, 0.717) is 11.5 Å². The highest BCUT2D eigenvalue weighted by molar-refractivity contribution is 5.95. The van der Waals surface area contributed by atoms with Crippen LogP contribution >= 0.6 is 0 Å². The van der Waals surface area contributed by atoms with Crippen molar-refractivity contribution in [2.75, 3.05) is 20.0 Å². The molecule has 21 heavy (non-hydrogen) atoms. The molecule has 0 fully saturated rings. The summed E-state index contributed by atoms with van der Waals surface area (Å²) in [7, 11) is 2.69. The molecule has 0 unspecified atom stereocenters. The van der Waals surface area contributed by atoms with Crippen molar-refractivity contribution in [3.8, 4) is 17.2 Å². The molecule has 0 bridgehead atoms. The van der Waals surface area contributed by atoms with E-state index in [4.69, 9.17) is 15.2 Å². The van der Waals surface area contributed by atoms with Gasteiger partial charge in [-0.3, -0.25) is 0 Å². The lowest BCUT2D eigenvalue weighted by Gasteiger charge is -2.12. The van der Waals surface area contributed by atoms with Crippen LogP contribution in [0.5, 0.6) is 17.2 Å². The molecule has 0 aliphatic rings. The zero-order chi connectivity index (χ0) is 15.4. The van der Waals surface area contributed by atoms with Gasteiger partial charge in [0, 0.05) is 17.8 Å². The van der Waals surface area contributed by atoms with Crippen molar-refractivity contribution in [2.24, 2.45) is 0 Å². The van der Waals surface area contributed by atoms with Crippen molar-refractivity contribution in [3.63, 3.8) is 0 Å². The molecule has 0 amide bonds. The Kier molecular flexibility index (Phi) is 4.27. The van der Waals surface area contributed by atoms with Crippen LogP contribution in [-0.4, -0.2) is 20.2 Å². The molecule has 2 aromatic rings. The molecule has 0 spiro atoms. The molecule has 0 atom stereocenters. The van der Waals surface area contributed by atoms with Crippen LogP contribution in [-0.2, 0) is 4.74 Å². The number of para-hydroxylation sites is 2. The molecule has 0 saturated heterocycles. The van der Waals surface area contributed by atoms with E-state index < -0.39 is 11.8 Å². The van der Waals surface area contributed by atoms with Crippen molar-refractivity contribution < 1.29 is 23.4 Å². The summed E-state index contributed by atoms with van der Waals surface area (Å²) in [5, 5.41) is 0. The van der Waals surface area contributed by atoms with Crippen molar-refractivity contribution in [2.45, 2.75) is 0 Å². The number of hydrogen-bond acceptors (Lipinski definition) is 5. The number of nitrogens with two attached hydrogens (primary N) is 1. The first kappa shape index (κ1) is 14.6. The fraction of sp³-hybridized carbons (Fsp3) is 0.133. The summed E-state index contributed by atoms with van der Waals surface area (Å²) in [6.45, 7) is 0. The average molecular weight is 291 g/mol. The molecule has 2 rings (SSSR count). The van der Waals surface area contributed by atoms with Gasteiger partial charge in [0.2, 0.25) is 0 Å². The van der Waals surface area contributed by atoms with E-state index in [1.54, 1.807) is 24.3 Å². The van der Waals surface area contributed by atoms with Crippen LogP contribution in [0.1, 0.15) is 10.4 Å². The number of ether oxygens (including phenoxy) is 3. The van der Waals surface area contributed by atoms with E-state index >= 15 is 0 Å². The summed E-state index contributed by atoms with van der Waals surface area (Å²) in [4.78, 5) is 11.6. The Labute approximate surface area is 121 Å². The SMILES string of the molecule is COC(=O)c1cc(Oc2ccccc2OC)c(F)cc1N. The summed E-state index contributed by atoms with van der Waals surface area (Å²) >= 11 is 0. The molecular weight excluding hydrogens is 277 g/mol. The van der Waals surface area contributed by atoms with Crippen molar-refractivity contribution in [1.29, 1.82) is 0 Å². The van der Waals surface area contributed by atoms with Gasteiger partial charge in [-0.1, -0.05) is 12.1 Å². The summed E-state index contributed by atoms with van der Waals surface area (Å²) in [5.41, 5.74) is 5.60. The minimum Gasteiger partial charge on any atom is -0.493 e. The summed E-state index contributed by atoms with van der Waals surface area (Å²) < 4.78 is 29.1. The Morgan fingerprint density at radius 1 is 1.10 bits per heavy atom. The van der Waals surface area contributed by atoms with Crippen molar-refractivity contribution in [1.82, 2.24) is 0 Å². The van der Waals surface area contributed by atoms with Gasteiger partial charge in [0.05, 0.1) is 19.8 Å². The second-order valence-corrected chi connectivity index (χ2v) is 4.11. The molecule has 0 aliphatic heterocycles. The number of carbonyl (C=O) groups is 1. The number of nitrogen functional groups attached to an aromatic ring is 1. The summed E-state index contributed by atoms with van der Waals surface area (Å²) in [5.74, 6) is -0.745. The van der Waals surface area contributed by atoms with E-state index in [-0.39, 0.29) is 17.0 Å². The van der Waals surface area contributed by atoms with Crippen LogP contribution < -0.4 is 15.2 Å². The fourth-order valence-electron chi connectivity index (χ4n) is 1.76. The highest BCUT2D eigenvalue weighted by atomic mass is 19.1. The fourth-order valence-corrected chi connectivity index (χ4v) is 1.76. The first-order valence-corrected chi connectivity index (χ1v) is 6.05. The van der Waals surface area contributed by atoms with Crippen LogP contribution in [0.2, 0.25) is 0 Å². The van der Waals surface area contributed by atoms with Gasteiger partial charge < -0.3 is 19.9 Å². The standard InChI is InChI=1S/C15H14FNO4/c1-19-12-5-3-4-6-13(12)21-14-7-9(15(18)20-2)11(17)8-10(14)16/h3-8H,17H2,1-2H3. The topological polar surface area (TPSA) is 70.8 Å². The van der Waals surface area contributed by atoms with Gasteiger partial charge in [0.1, 0.15) is 0 Å². The second-order valence-electron chi connectivity index (χ2n) is 4.11. The van der Waals surface area contributed by atoms with Crippen LogP contribution in [0.15, 0.2) is 36.4 Å². The quantitative estimate of drug-likeness (QED) is 0.692. The van der Waals surface area contributed by atoms with Crippen LogP contribution in [0, 0.1) is 5.82 Å². The first-order valence-electron chi connectivity index (χ1n) is 6.05. The predicted molar refractivity (Wildman–Crippen MR) is 75.2 cm³/mol. The zero-order valence-electron chi connectivity index (χ0n) is 11.6. The third-order valence-electron chi connectivity index (χ3n) is 2.80. The normalized spacial score (nSPS) is 10.0. The van der Waals surface area contributed by atoms with E-state index in [0.717, 1.165) is 6.07 Å². The lowest BCUT2D eigenvalue weighted by molar-refractivity contribution is 0.0601. The molecule has 2 N–H and O–H groups in total. The summed E-state index contributed by atoms with van der Waals surface area (Å²) in [6.07, 6.45) is 0. The number of methoxy groups -OCH3 is 2. The number of hydrogen-bond donors (Lipinski definition) is 1. The van der Waals surface area contributed by atoms with Gasteiger partial charge in [0.15, 0.2) is 23.1 Å². The Balaban J connectivity index is 2.42. The molecule has 0 aromatic heterocycles.